The molecule has 2 aliphatic rings. The van der Waals surface area contributed by atoms with E-state index in [4.69, 9.17) is 27.8 Å². The summed E-state index contributed by atoms with van der Waals surface area (Å²) in [6.07, 6.45) is 9.67. The van der Waals surface area contributed by atoms with Crippen LogP contribution in [0.2, 0.25) is 5.15 Å². The molecule has 25 heavy (non-hydrogen) atoms. The summed E-state index contributed by atoms with van der Waals surface area (Å²) in [6, 6.07) is 3.05. The average Bonchev–Trinajstić information content (AvgIpc) is 3.45. The van der Waals surface area contributed by atoms with Crippen LogP contribution in [0.4, 0.5) is 5.82 Å². The summed E-state index contributed by atoms with van der Waals surface area (Å²) in [7, 11) is 0. The summed E-state index contributed by atoms with van der Waals surface area (Å²) in [5.41, 5.74) is 11.2. The lowest BCUT2D eigenvalue weighted by atomic mass is 9.95. The number of aromatic nitrogens is 1. The van der Waals surface area contributed by atoms with Gasteiger partial charge in [-0.3, -0.25) is 4.79 Å². The van der Waals surface area contributed by atoms with Crippen molar-refractivity contribution >= 4 is 29.5 Å². The van der Waals surface area contributed by atoms with Crippen LogP contribution in [0.25, 0.3) is 0 Å². The van der Waals surface area contributed by atoms with E-state index < -0.39 is 5.91 Å². The summed E-state index contributed by atoms with van der Waals surface area (Å²) in [6.45, 7) is 0.644. The highest BCUT2D eigenvalue weighted by atomic mass is 35.5. The van der Waals surface area contributed by atoms with E-state index in [0.717, 1.165) is 24.2 Å². The number of primary amides is 1. The van der Waals surface area contributed by atoms with Crippen LogP contribution in [-0.4, -0.2) is 23.7 Å². The van der Waals surface area contributed by atoms with Crippen molar-refractivity contribution in [3.63, 3.8) is 0 Å². The average molecular weight is 363 g/mol. The van der Waals surface area contributed by atoms with Crippen LogP contribution >= 0.6 is 11.6 Å². The Morgan fingerprint density at radius 1 is 1.32 bits per heavy atom. The molecule has 1 amide bonds. The minimum Gasteiger partial charge on any atom is -0.479 e. The van der Waals surface area contributed by atoms with Gasteiger partial charge < -0.3 is 16.2 Å². The predicted octanol–water partition coefficient (Wildman–Crippen LogP) is 3.18. The summed E-state index contributed by atoms with van der Waals surface area (Å²) in [5, 5.41) is 0.0292. The standard InChI is InChI=1S/C18H23ClN4O2/c19-17-14(18(21)24)5-6-16(23-17)22-9-7-15(20)25-10-8-13(11-1-2-11)12-3-4-12/h5-7,9,11-13H,1-4,8,10,20H2,(H2,21,24). The number of halogens is 1. The smallest absolute Gasteiger partial charge is 0.251 e. The van der Waals surface area contributed by atoms with Crippen molar-refractivity contribution in [1.29, 1.82) is 0 Å². The maximum atomic E-state index is 11.1. The SMILES string of the molecule is NC(=O)c1ccc(N=CC=C(N)OCCC(C2CC2)C2CC2)nc1Cl. The Balaban J connectivity index is 1.46. The highest BCUT2D eigenvalue weighted by molar-refractivity contribution is 6.32. The maximum absolute atomic E-state index is 11.1. The lowest BCUT2D eigenvalue weighted by Crippen LogP contribution is -2.12. The van der Waals surface area contributed by atoms with Gasteiger partial charge in [-0.2, -0.15) is 0 Å². The number of pyridine rings is 1. The Hall–Kier alpha value is -2.08. The molecular weight excluding hydrogens is 340 g/mol. The fourth-order valence-corrected chi connectivity index (χ4v) is 3.38. The van der Waals surface area contributed by atoms with Gasteiger partial charge in [-0.1, -0.05) is 11.6 Å². The summed E-state index contributed by atoms with van der Waals surface area (Å²) < 4.78 is 5.58. The van der Waals surface area contributed by atoms with Crippen LogP contribution in [0.15, 0.2) is 29.1 Å². The molecule has 4 N–H and O–H groups in total. The largest absolute Gasteiger partial charge is 0.479 e. The van der Waals surface area contributed by atoms with E-state index in [-0.39, 0.29) is 10.7 Å². The second kappa shape index (κ2) is 7.87. The van der Waals surface area contributed by atoms with E-state index in [0.29, 0.717) is 18.3 Å². The van der Waals surface area contributed by atoms with Gasteiger partial charge in [-0.15, -0.1) is 0 Å². The van der Waals surface area contributed by atoms with E-state index in [1.54, 1.807) is 12.1 Å². The Kier molecular flexibility index (Phi) is 5.58. The molecule has 0 spiro atoms. The maximum Gasteiger partial charge on any atom is 0.251 e. The van der Waals surface area contributed by atoms with Crippen molar-refractivity contribution < 1.29 is 9.53 Å². The molecule has 2 saturated carbocycles. The molecule has 0 atom stereocenters. The molecule has 2 aliphatic carbocycles. The molecule has 7 heteroatoms. The van der Waals surface area contributed by atoms with Gasteiger partial charge in [0.1, 0.15) is 5.15 Å². The normalized spacial score (nSPS) is 18.1. The van der Waals surface area contributed by atoms with Gasteiger partial charge in [0, 0.05) is 12.3 Å². The molecule has 3 rings (SSSR count). The molecular formula is C18H23ClN4O2. The molecule has 1 aromatic rings. The number of aliphatic imine (C=N–C) groups is 1. The Morgan fingerprint density at radius 2 is 2.00 bits per heavy atom. The highest BCUT2D eigenvalue weighted by Crippen LogP contribution is 2.50. The van der Waals surface area contributed by atoms with Gasteiger partial charge in [0.15, 0.2) is 11.7 Å². The molecule has 0 radical (unpaired) electrons. The first-order valence-corrected chi connectivity index (χ1v) is 9.01. The molecule has 1 aromatic heterocycles. The van der Waals surface area contributed by atoms with E-state index in [1.165, 1.54) is 38.0 Å². The molecule has 0 bridgehead atoms. The first kappa shape index (κ1) is 17.7. The van der Waals surface area contributed by atoms with Crippen LogP contribution < -0.4 is 11.5 Å². The molecule has 134 valence electrons. The van der Waals surface area contributed by atoms with Crippen LogP contribution in [0, 0.1) is 17.8 Å². The topological polar surface area (TPSA) is 104 Å². The molecule has 0 aromatic carbocycles. The first-order valence-electron chi connectivity index (χ1n) is 8.63. The zero-order valence-electron chi connectivity index (χ0n) is 14.0. The molecule has 0 unspecified atom stereocenters. The van der Waals surface area contributed by atoms with Crippen LogP contribution in [0.3, 0.4) is 0 Å². The minimum absolute atomic E-state index is 0.0292. The lowest BCUT2D eigenvalue weighted by molar-refractivity contribution is 0.1000. The van der Waals surface area contributed by atoms with Gasteiger partial charge in [-0.25, -0.2) is 9.98 Å². The summed E-state index contributed by atoms with van der Waals surface area (Å²) in [5.74, 6) is 2.72. The quantitative estimate of drug-likeness (QED) is 0.400. The molecule has 0 saturated heterocycles. The minimum atomic E-state index is -0.624. The van der Waals surface area contributed by atoms with Gasteiger partial charge in [0.05, 0.1) is 12.2 Å². The third-order valence-corrected chi connectivity index (χ3v) is 5.01. The first-order chi connectivity index (χ1) is 12.0. The monoisotopic (exact) mass is 362 g/mol. The van der Waals surface area contributed by atoms with Crippen LogP contribution in [0.5, 0.6) is 0 Å². The van der Waals surface area contributed by atoms with Crippen LogP contribution in [-0.2, 0) is 4.74 Å². The number of carbonyl (C=O) groups excluding carboxylic acids is 1. The van der Waals surface area contributed by atoms with Gasteiger partial charge in [0.2, 0.25) is 0 Å². The number of amides is 1. The van der Waals surface area contributed by atoms with Gasteiger partial charge in [0.25, 0.3) is 5.91 Å². The van der Waals surface area contributed by atoms with E-state index in [1.807, 2.05) is 0 Å². The fourth-order valence-electron chi connectivity index (χ4n) is 3.13. The summed E-state index contributed by atoms with van der Waals surface area (Å²) >= 11 is 5.87. The third-order valence-electron chi connectivity index (χ3n) is 4.72. The second-order valence-corrected chi connectivity index (χ2v) is 7.05. The lowest BCUT2D eigenvalue weighted by Gasteiger charge is -2.15. The number of nitrogens with zero attached hydrogens (tertiary/aromatic N) is 2. The third kappa shape index (κ3) is 5.19. The molecule has 6 nitrogen and oxygen atoms in total. The van der Waals surface area contributed by atoms with Gasteiger partial charge >= 0.3 is 0 Å². The Morgan fingerprint density at radius 3 is 2.56 bits per heavy atom. The van der Waals surface area contributed by atoms with Crippen molar-refractivity contribution in [3.05, 3.63) is 34.8 Å². The number of nitrogens with two attached hydrogens (primary N) is 2. The molecule has 0 aliphatic heterocycles. The van der Waals surface area contributed by atoms with Crippen molar-refractivity contribution in [1.82, 2.24) is 4.98 Å². The van der Waals surface area contributed by atoms with Crippen molar-refractivity contribution in [2.24, 2.45) is 34.2 Å². The predicted molar refractivity (Wildman–Crippen MR) is 97.7 cm³/mol. The zero-order chi connectivity index (χ0) is 17.8. The van der Waals surface area contributed by atoms with E-state index in [2.05, 4.69) is 9.98 Å². The van der Waals surface area contributed by atoms with E-state index in [9.17, 15) is 4.79 Å². The number of ether oxygens (including phenoxy) is 1. The number of hydrogen-bond acceptors (Lipinski definition) is 5. The number of carbonyl (C=O) groups is 1. The van der Waals surface area contributed by atoms with Crippen molar-refractivity contribution in [2.75, 3.05) is 6.61 Å². The number of hydrogen-bond donors (Lipinski definition) is 2. The van der Waals surface area contributed by atoms with Gasteiger partial charge in [-0.05, 0) is 62.0 Å². The van der Waals surface area contributed by atoms with Crippen molar-refractivity contribution in [3.8, 4) is 0 Å². The molecule has 2 fully saturated rings. The second-order valence-electron chi connectivity index (χ2n) is 6.70. The number of rotatable bonds is 9. The summed E-state index contributed by atoms with van der Waals surface area (Å²) in [4.78, 5) is 19.2. The fraction of sp³-hybridized carbons (Fsp3) is 0.500. The highest BCUT2D eigenvalue weighted by Gasteiger charge is 2.40. The van der Waals surface area contributed by atoms with Crippen molar-refractivity contribution in [2.45, 2.75) is 32.1 Å². The zero-order valence-corrected chi connectivity index (χ0v) is 14.8. The van der Waals surface area contributed by atoms with E-state index >= 15 is 0 Å². The Bertz CT molecular complexity index is 684. The Labute approximate surface area is 152 Å². The number of allylic oxidation sites excluding steroid dienone is 1. The van der Waals surface area contributed by atoms with Crippen LogP contribution in [0.1, 0.15) is 42.5 Å². The molecule has 1 heterocycles.